The maximum atomic E-state index is 13.7. The summed E-state index contributed by atoms with van der Waals surface area (Å²) in [5, 5.41) is 3.24. The average molecular weight is 390 g/mol. The van der Waals surface area contributed by atoms with Gasteiger partial charge < -0.3 is 0 Å². The number of pyridine rings is 1. The lowest BCUT2D eigenvalue weighted by Gasteiger charge is -2.22. The van der Waals surface area contributed by atoms with E-state index in [9.17, 15) is 4.57 Å². The molecule has 0 spiro atoms. The second-order valence-corrected chi connectivity index (χ2v) is 9.52. The fourth-order valence-electron chi connectivity index (χ4n) is 2.83. The Morgan fingerprint density at radius 1 is 0.778 bits per heavy atom. The van der Waals surface area contributed by atoms with Crippen LogP contribution in [0.15, 0.2) is 96.7 Å². The quantitative estimate of drug-likeness (QED) is 0.527. The van der Waals surface area contributed by atoms with Gasteiger partial charge in [0.05, 0.1) is 5.69 Å². The molecule has 2 aromatic carbocycles. The van der Waals surface area contributed by atoms with Crippen molar-refractivity contribution in [2.24, 2.45) is 0 Å². The highest BCUT2D eigenvalue weighted by molar-refractivity contribution is 8.17. The lowest BCUT2D eigenvalue weighted by Crippen LogP contribution is -2.10. The Bertz CT molecular complexity index is 958. The van der Waals surface area contributed by atoms with Gasteiger partial charge in [0.15, 0.2) is 7.29 Å². The van der Waals surface area contributed by atoms with Crippen molar-refractivity contribution in [2.75, 3.05) is 0 Å². The summed E-state index contributed by atoms with van der Waals surface area (Å²) in [6.07, 6.45) is 1.75. The number of aromatic nitrogens is 1. The van der Waals surface area contributed by atoms with Crippen LogP contribution in [0.3, 0.4) is 0 Å². The molecule has 0 fully saturated rings. The van der Waals surface area contributed by atoms with Crippen molar-refractivity contribution in [3.05, 3.63) is 114 Å². The van der Waals surface area contributed by atoms with Crippen molar-refractivity contribution in [1.29, 1.82) is 0 Å². The first-order valence-corrected chi connectivity index (χ1v) is 11.4. The van der Waals surface area contributed by atoms with Crippen molar-refractivity contribution in [3.8, 4) is 0 Å². The Hall–Kier alpha value is -2.39. The van der Waals surface area contributed by atoms with Gasteiger partial charge in [0.2, 0.25) is 0 Å². The van der Waals surface area contributed by atoms with E-state index in [1.54, 1.807) is 18.0 Å². The maximum Gasteiger partial charge on any atom is 0.193 e. The maximum absolute atomic E-state index is 13.7. The molecule has 1 aliphatic heterocycles. The molecular formula is C22H19N2OPS. The second kappa shape index (κ2) is 8.10. The zero-order valence-corrected chi connectivity index (χ0v) is 16.4. The van der Waals surface area contributed by atoms with Crippen LogP contribution >= 0.6 is 19.1 Å². The summed E-state index contributed by atoms with van der Waals surface area (Å²) in [4.78, 5) is 6.33. The van der Waals surface area contributed by atoms with Gasteiger partial charge in [0, 0.05) is 34.2 Å². The van der Waals surface area contributed by atoms with Crippen LogP contribution in [0.5, 0.6) is 0 Å². The number of nitrogens with zero attached hydrogens (tertiary/aromatic N) is 1. The minimum absolute atomic E-state index is 0.458. The Balaban J connectivity index is 1.69. The van der Waals surface area contributed by atoms with Gasteiger partial charge >= 0.3 is 0 Å². The van der Waals surface area contributed by atoms with Gasteiger partial charge in [-0.05, 0) is 23.3 Å². The number of nitrogens with one attached hydrogen (secondary N) is 1. The number of benzene rings is 2. The fraction of sp³-hybridized carbons (Fsp3) is 0.0455. The topological polar surface area (TPSA) is 42.0 Å². The molecule has 0 atom stereocenters. The molecule has 0 aliphatic carbocycles. The molecule has 3 nitrogen and oxygen atoms in total. The van der Waals surface area contributed by atoms with Crippen LogP contribution in [0.25, 0.3) is 9.81 Å². The van der Waals surface area contributed by atoms with E-state index in [4.69, 9.17) is 0 Å². The first-order valence-electron chi connectivity index (χ1n) is 8.71. The van der Waals surface area contributed by atoms with Crippen LogP contribution in [0.1, 0.15) is 16.8 Å². The van der Waals surface area contributed by atoms with Gasteiger partial charge in [0.1, 0.15) is 0 Å². The van der Waals surface area contributed by atoms with E-state index in [1.807, 2.05) is 66.2 Å². The molecule has 5 heteroatoms. The van der Waals surface area contributed by atoms with E-state index < -0.39 is 7.29 Å². The predicted octanol–water partition coefficient (Wildman–Crippen LogP) is 6.19. The molecule has 0 radical (unpaired) electrons. The number of rotatable bonds is 5. The smallest absolute Gasteiger partial charge is 0.193 e. The molecule has 27 heavy (non-hydrogen) atoms. The van der Waals surface area contributed by atoms with Crippen LogP contribution < -0.4 is 5.09 Å². The summed E-state index contributed by atoms with van der Waals surface area (Å²) >= 11 is 1.66. The Morgan fingerprint density at radius 3 is 1.85 bits per heavy atom. The second-order valence-electron chi connectivity index (χ2n) is 6.19. The lowest BCUT2D eigenvalue weighted by molar-refractivity contribution is 0.576. The van der Waals surface area contributed by atoms with Gasteiger partial charge in [-0.15, -0.1) is 0 Å². The molecule has 0 amide bonds. The zero-order valence-electron chi connectivity index (χ0n) is 14.7. The average Bonchev–Trinajstić information content (AvgIpc) is 2.74. The standard InChI is InChI=1S/C22H19N2OPS/c25-26(24-15-20-13-7-8-14-23-20)16-21(18-9-3-1-4-10-18)27-22(17-26)19-11-5-2-6-12-19/h1-14,16-17H,15H2,(H,24,25). The van der Waals surface area contributed by atoms with Crippen molar-refractivity contribution in [3.63, 3.8) is 0 Å². The van der Waals surface area contributed by atoms with Gasteiger partial charge in [-0.25, -0.2) is 0 Å². The van der Waals surface area contributed by atoms with Crippen LogP contribution in [-0.4, -0.2) is 4.98 Å². The third-order valence-corrected chi connectivity index (χ3v) is 7.62. The summed E-state index contributed by atoms with van der Waals surface area (Å²) in [5.41, 5.74) is 3.02. The predicted molar refractivity (Wildman–Crippen MR) is 115 cm³/mol. The third kappa shape index (κ3) is 4.48. The summed E-state index contributed by atoms with van der Waals surface area (Å²) < 4.78 is 13.7. The molecule has 0 saturated heterocycles. The molecule has 1 aromatic heterocycles. The fourth-order valence-corrected chi connectivity index (χ4v) is 6.59. The van der Waals surface area contributed by atoms with Crippen LogP contribution in [0, 0.1) is 0 Å². The molecular weight excluding hydrogens is 371 g/mol. The highest BCUT2D eigenvalue weighted by atomic mass is 32.2. The minimum Gasteiger partial charge on any atom is -0.298 e. The van der Waals surface area contributed by atoms with Crippen molar-refractivity contribution >= 4 is 28.9 Å². The molecule has 2 heterocycles. The highest BCUT2D eigenvalue weighted by Crippen LogP contribution is 2.58. The molecule has 1 aliphatic rings. The summed E-state index contributed by atoms with van der Waals surface area (Å²) in [5.74, 6) is 3.75. The molecule has 1 N–H and O–H groups in total. The van der Waals surface area contributed by atoms with Crippen LogP contribution in [0.4, 0.5) is 0 Å². The summed E-state index contributed by atoms with van der Waals surface area (Å²) in [7, 11) is -2.86. The first-order chi connectivity index (χ1) is 13.2. The zero-order chi connectivity index (χ0) is 18.5. The van der Waals surface area contributed by atoms with Crippen molar-refractivity contribution in [1.82, 2.24) is 10.1 Å². The monoisotopic (exact) mass is 390 g/mol. The Labute approximate surface area is 163 Å². The van der Waals surface area contributed by atoms with Gasteiger partial charge in [-0.1, -0.05) is 78.5 Å². The van der Waals surface area contributed by atoms with Crippen molar-refractivity contribution in [2.45, 2.75) is 6.54 Å². The van der Waals surface area contributed by atoms with Gasteiger partial charge in [0.25, 0.3) is 0 Å². The van der Waals surface area contributed by atoms with E-state index in [-0.39, 0.29) is 0 Å². The van der Waals surface area contributed by atoms with Gasteiger partial charge in [-0.3, -0.25) is 14.6 Å². The largest absolute Gasteiger partial charge is 0.298 e. The number of hydrogen-bond acceptors (Lipinski definition) is 3. The summed E-state index contributed by atoms with van der Waals surface area (Å²) in [6.45, 7) is 0.458. The molecule has 0 saturated carbocycles. The lowest BCUT2D eigenvalue weighted by atomic mass is 10.2. The molecule has 0 bridgehead atoms. The van der Waals surface area contributed by atoms with Gasteiger partial charge in [-0.2, -0.15) is 0 Å². The van der Waals surface area contributed by atoms with Crippen LogP contribution in [0.2, 0.25) is 0 Å². The molecule has 0 unspecified atom stereocenters. The minimum atomic E-state index is -2.86. The SMILES string of the molecule is O=P1(NCc2ccccn2)C=C(c2ccccc2)SC(c2ccccc2)=C1. The Kier molecular flexibility index (Phi) is 5.40. The van der Waals surface area contributed by atoms with E-state index in [2.05, 4.69) is 34.3 Å². The highest BCUT2D eigenvalue weighted by Gasteiger charge is 2.25. The Morgan fingerprint density at radius 2 is 1.33 bits per heavy atom. The van der Waals surface area contributed by atoms with E-state index in [1.165, 1.54) is 0 Å². The third-order valence-electron chi connectivity index (χ3n) is 4.19. The first kappa shape index (κ1) is 18.0. The van der Waals surface area contributed by atoms with E-state index in [0.717, 1.165) is 26.6 Å². The molecule has 3 aromatic rings. The van der Waals surface area contributed by atoms with Crippen LogP contribution in [-0.2, 0) is 11.1 Å². The normalized spacial score (nSPS) is 15.7. The molecule has 4 rings (SSSR count). The summed E-state index contributed by atoms with van der Waals surface area (Å²) in [6, 6.07) is 25.9. The van der Waals surface area contributed by atoms with E-state index >= 15 is 0 Å². The van der Waals surface area contributed by atoms with Crippen molar-refractivity contribution < 1.29 is 4.57 Å². The number of thioether (sulfide) groups is 1. The number of hydrogen-bond donors (Lipinski definition) is 1. The molecule has 134 valence electrons. The van der Waals surface area contributed by atoms with E-state index in [0.29, 0.717) is 6.54 Å².